The maximum absolute atomic E-state index is 12.4. The van der Waals surface area contributed by atoms with E-state index in [4.69, 9.17) is 0 Å². The van der Waals surface area contributed by atoms with Crippen LogP contribution in [-0.4, -0.2) is 40.1 Å². The number of aryl methyl sites for hydroxylation is 1. The van der Waals surface area contributed by atoms with Crippen LogP contribution in [0.2, 0.25) is 0 Å². The summed E-state index contributed by atoms with van der Waals surface area (Å²) in [6.45, 7) is 3.45. The SMILES string of the molecule is CCn1cc(Cn2cc(NC(=O)c3cnn4cccnc34)cn2)cn1. The normalized spacial score (nSPS) is 11.1. The topological polar surface area (TPSA) is 94.9 Å². The lowest BCUT2D eigenvalue weighted by Gasteiger charge is -2.00. The summed E-state index contributed by atoms with van der Waals surface area (Å²) < 4.78 is 5.17. The molecule has 4 rings (SSSR count). The van der Waals surface area contributed by atoms with Crippen LogP contribution >= 0.6 is 0 Å². The van der Waals surface area contributed by atoms with Crippen LogP contribution in [0.3, 0.4) is 0 Å². The molecule has 0 aliphatic rings. The number of hydrogen-bond donors (Lipinski definition) is 1. The van der Waals surface area contributed by atoms with Crippen molar-refractivity contribution in [1.29, 1.82) is 0 Å². The van der Waals surface area contributed by atoms with Crippen LogP contribution in [0.25, 0.3) is 5.65 Å². The number of rotatable bonds is 5. The van der Waals surface area contributed by atoms with Gasteiger partial charge in [0.05, 0.1) is 30.8 Å². The average Bonchev–Trinajstić information content (AvgIpc) is 3.34. The van der Waals surface area contributed by atoms with Crippen molar-refractivity contribution in [3.8, 4) is 0 Å². The third kappa shape index (κ3) is 2.99. The molecule has 0 fully saturated rings. The van der Waals surface area contributed by atoms with Gasteiger partial charge in [0.2, 0.25) is 0 Å². The smallest absolute Gasteiger partial charge is 0.261 e. The Kier molecular flexibility index (Phi) is 3.73. The van der Waals surface area contributed by atoms with Crippen LogP contribution in [0, 0.1) is 0 Å². The summed E-state index contributed by atoms with van der Waals surface area (Å²) in [6.07, 6.45) is 12.1. The third-order valence-corrected chi connectivity index (χ3v) is 3.77. The number of hydrogen-bond acceptors (Lipinski definition) is 5. The molecule has 9 nitrogen and oxygen atoms in total. The van der Waals surface area contributed by atoms with E-state index < -0.39 is 0 Å². The highest BCUT2D eigenvalue weighted by atomic mass is 16.1. The van der Waals surface area contributed by atoms with Gasteiger partial charge in [0.15, 0.2) is 5.65 Å². The second-order valence-electron chi connectivity index (χ2n) is 5.53. The van der Waals surface area contributed by atoms with Crippen LogP contribution < -0.4 is 5.32 Å². The summed E-state index contributed by atoms with van der Waals surface area (Å²) in [5.74, 6) is -0.271. The molecule has 0 aliphatic heterocycles. The predicted octanol–water partition coefficient (Wildman–Crippen LogP) is 1.44. The minimum Gasteiger partial charge on any atom is -0.319 e. The standard InChI is InChI=1S/C16H16N8O/c1-2-22-9-12(6-18-22)10-23-11-13(7-19-23)21-16(25)14-8-20-24-5-3-4-17-15(14)24/h3-9,11H,2,10H2,1H3,(H,21,25). The van der Waals surface area contributed by atoms with Crippen molar-refractivity contribution in [2.45, 2.75) is 20.0 Å². The highest BCUT2D eigenvalue weighted by molar-refractivity contribution is 6.07. The molecule has 0 aliphatic carbocycles. The van der Waals surface area contributed by atoms with E-state index in [-0.39, 0.29) is 5.91 Å². The Morgan fingerprint density at radius 2 is 2.00 bits per heavy atom. The van der Waals surface area contributed by atoms with Crippen molar-refractivity contribution in [2.75, 3.05) is 5.32 Å². The van der Waals surface area contributed by atoms with E-state index in [1.54, 1.807) is 40.1 Å². The van der Waals surface area contributed by atoms with Crippen molar-refractivity contribution < 1.29 is 4.79 Å². The molecule has 0 aromatic carbocycles. The number of anilines is 1. The molecule has 0 atom stereocenters. The molecule has 0 saturated carbocycles. The molecule has 1 N–H and O–H groups in total. The predicted molar refractivity (Wildman–Crippen MR) is 90.2 cm³/mol. The van der Waals surface area contributed by atoms with Crippen molar-refractivity contribution in [3.05, 3.63) is 60.6 Å². The number of aromatic nitrogens is 7. The molecule has 0 unspecified atom stereocenters. The Morgan fingerprint density at radius 3 is 2.84 bits per heavy atom. The van der Waals surface area contributed by atoms with Crippen LogP contribution in [0.15, 0.2) is 49.4 Å². The zero-order valence-electron chi connectivity index (χ0n) is 13.6. The van der Waals surface area contributed by atoms with Gasteiger partial charge >= 0.3 is 0 Å². The van der Waals surface area contributed by atoms with Gasteiger partial charge in [-0.25, -0.2) is 9.50 Å². The molecule has 0 saturated heterocycles. The molecular formula is C16H16N8O. The van der Waals surface area contributed by atoms with Crippen LogP contribution in [0.5, 0.6) is 0 Å². The minimum atomic E-state index is -0.271. The lowest BCUT2D eigenvalue weighted by Crippen LogP contribution is -2.11. The Morgan fingerprint density at radius 1 is 1.12 bits per heavy atom. The molecule has 0 spiro atoms. The molecule has 4 aromatic rings. The molecule has 0 bridgehead atoms. The minimum absolute atomic E-state index is 0.271. The van der Waals surface area contributed by atoms with Gasteiger partial charge in [-0.3, -0.25) is 14.2 Å². The fraction of sp³-hybridized carbons (Fsp3) is 0.188. The zero-order chi connectivity index (χ0) is 17.2. The number of fused-ring (bicyclic) bond motifs is 1. The van der Waals surface area contributed by atoms with Gasteiger partial charge in [-0.15, -0.1) is 0 Å². The molecule has 9 heteroatoms. The second kappa shape index (κ2) is 6.19. The summed E-state index contributed by atoms with van der Waals surface area (Å²) in [5, 5.41) is 15.4. The van der Waals surface area contributed by atoms with Gasteiger partial charge in [-0.2, -0.15) is 15.3 Å². The number of carbonyl (C=O) groups excluding carboxylic acids is 1. The van der Waals surface area contributed by atoms with Gasteiger partial charge < -0.3 is 5.32 Å². The molecular weight excluding hydrogens is 320 g/mol. The van der Waals surface area contributed by atoms with E-state index in [0.717, 1.165) is 12.1 Å². The van der Waals surface area contributed by atoms with Crippen molar-refractivity contribution >= 4 is 17.2 Å². The molecule has 126 valence electrons. The zero-order valence-corrected chi connectivity index (χ0v) is 13.6. The molecule has 4 aromatic heterocycles. The summed E-state index contributed by atoms with van der Waals surface area (Å²) in [6, 6.07) is 1.76. The fourth-order valence-corrected chi connectivity index (χ4v) is 2.55. The Hall–Kier alpha value is -3.49. The Labute approximate surface area is 142 Å². The molecule has 4 heterocycles. The first kappa shape index (κ1) is 15.1. The van der Waals surface area contributed by atoms with Crippen molar-refractivity contribution in [2.24, 2.45) is 0 Å². The summed E-state index contributed by atoms with van der Waals surface area (Å²) in [5.41, 5.74) is 2.59. The fourth-order valence-electron chi connectivity index (χ4n) is 2.55. The lowest BCUT2D eigenvalue weighted by atomic mass is 10.3. The van der Waals surface area contributed by atoms with E-state index in [1.165, 1.54) is 6.20 Å². The van der Waals surface area contributed by atoms with E-state index >= 15 is 0 Å². The van der Waals surface area contributed by atoms with Gasteiger partial charge in [-0.05, 0) is 13.0 Å². The van der Waals surface area contributed by atoms with Gasteiger partial charge in [0.25, 0.3) is 5.91 Å². The van der Waals surface area contributed by atoms with Crippen molar-refractivity contribution in [1.82, 2.24) is 34.2 Å². The first-order valence-electron chi connectivity index (χ1n) is 7.86. The van der Waals surface area contributed by atoms with E-state index in [2.05, 4.69) is 25.6 Å². The van der Waals surface area contributed by atoms with Crippen LogP contribution in [0.4, 0.5) is 5.69 Å². The average molecular weight is 336 g/mol. The van der Waals surface area contributed by atoms with Gasteiger partial charge in [0, 0.05) is 36.9 Å². The van der Waals surface area contributed by atoms with Crippen LogP contribution in [0.1, 0.15) is 22.8 Å². The summed E-state index contributed by atoms with van der Waals surface area (Å²) >= 11 is 0. The maximum atomic E-state index is 12.4. The van der Waals surface area contributed by atoms with Crippen LogP contribution in [-0.2, 0) is 13.1 Å². The number of carbonyl (C=O) groups is 1. The summed E-state index contributed by atoms with van der Waals surface area (Å²) in [7, 11) is 0. The lowest BCUT2D eigenvalue weighted by molar-refractivity contribution is 0.102. The van der Waals surface area contributed by atoms with E-state index in [1.807, 2.05) is 24.0 Å². The molecule has 1 amide bonds. The van der Waals surface area contributed by atoms with E-state index in [9.17, 15) is 4.79 Å². The monoisotopic (exact) mass is 336 g/mol. The Balaban J connectivity index is 1.48. The largest absolute Gasteiger partial charge is 0.319 e. The highest BCUT2D eigenvalue weighted by Crippen LogP contribution is 2.12. The maximum Gasteiger partial charge on any atom is 0.261 e. The van der Waals surface area contributed by atoms with Gasteiger partial charge in [0.1, 0.15) is 5.56 Å². The summed E-state index contributed by atoms with van der Waals surface area (Å²) in [4.78, 5) is 16.6. The highest BCUT2D eigenvalue weighted by Gasteiger charge is 2.14. The second-order valence-corrected chi connectivity index (χ2v) is 5.53. The number of amides is 1. The third-order valence-electron chi connectivity index (χ3n) is 3.77. The number of nitrogens with one attached hydrogen (secondary N) is 1. The van der Waals surface area contributed by atoms with Crippen molar-refractivity contribution in [3.63, 3.8) is 0 Å². The van der Waals surface area contributed by atoms with Gasteiger partial charge in [-0.1, -0.05) is 0 Å². The first-order valence-corrected chi connectivity index (χ1v) is 7.86. The first-order chi connectivity index (χ1) is 12.2. The quantitative estimate of drug-likeness (QED) is 0.595. The van der Waals surface area contributed by atoms with E-state index in [0.29, 0.717) is 23.4 Å². The molecule has 25 heavy (non-hydrogen) atoms. The molecule has 0 radical (unpaired) electrons. The number of nitrogens with zero attached hydrogens (tertiary/aromatic N) is 7. The Bertz CT molecular complexity index is 1030.